The van der Waals surface area contributed by atoms with Crippen LogP contribution in [0, 0.1) is 11.3 Å². The summed E-state index contributed by atoms with van der Waals surface area (Å²) in [6.07, 6.45) is 5.52. The Morgan fingerprint density at radius 2 is 1.94 bits per heavy atom. The van der Waals surface area contributed by atoms with Crippen molar-refractivity contribution in [2.24, 2.45) is 11.3 Å². The summed E-state index contributed by atoms with van der Waals surface area (Å²) < 4.78 is 5.69. The van der Waals surface area contributed by atoms with E-state index in [0.717, 1.165) is 44.8 Å². The lowest BCUT2D eigenvalue weighted by Gasteiger charge is -2.30. The van der Waals surface area contributed by atoms with Crippen LogP contribution in [-0.4, -0.2) is 50.8 Å². The van der Waals surface area contributed by atoms with E-state index < -0.39 is 0 Å². The van der Waals surface area contributed by atoms with Gasteiger partial charge in [-0.05, 0) is 44.1 Å². The Balaban J connectivity index is 1.51. The van der Waals surface area contributed by atoms with Crippen LogP contribution in [0.5, 0.6) is 0 Å². The first-order valence-corrected chi connectivity index (χ1v) is 7.55. The van der Waals surface area contributed by atoms with E-state index in [4.69, 9.17) is 4.74 Å². The molecular formula is C15H30N2O. The highest BCUT2D eigenvalue weighted by Crippen LogP contribution is 2.28. The average molecular weight is 254 g/mol. The Morgan fingerprint density at radius 1 is 1.22 bits per heavy atom. The van der Waals surface area contributed by atoms with E-state index >= 15 is 0 Å². The van der Waals surface area contributed by atoms with E-state index in [0.29, 0.717) is 5.41 Å². The maximum Gasteiger partial charge on any atom is 0.0593 e. The van der Waals surface area contributed by atoms with Crippen LogP contribution in [0.25, 0.3) is 0 Å². The Bertz CT molecular complexity index is 247. The first kappa shape index (κ1) is 14.3. The molecular weight excluding hydrogens is 224 g/mol. The molecule has 2 fully saturated rings. The van der Waals surface area contributed by atoms with Crippen molar-refractivity contribution in [3.63, 3.8) is 0 Å². The molecule has 0 unspecified atom stereocenters. The molecule has 0 saturated heterocycles. The zero-order valence-corrected chi connectivity index (χ0v) is 12.4. The Kier molecular flexibility index (Phi) is 5.05. The van der Waals surface area contributed by atoms with Gasteiger partial charge in [0, 0.05) is 32.3 Å². The van der Waals surface area contributed by atoms with Crippen molar-refractivity contribution >= 4 is 0 Å². The lowest BCUT2D eigenvalue weighted by atomic mass is 9.93. The SMILES string of the molecule is CN(CCOCC1CC1)CC(C)(C)CNC1CC1. The predicted octanol–water partition coefficient (Wildman–Crippen LogP) is 2.12. The van der Waals surface area contributed by atoms with Crippen LogP contribution in [0.3, 0.4) is 0 Å². The summed E-state index contributed by atoms with van der Waals surface area (Å²) >= 11 is 0. The smallest absolute Gasteiger partial charge is 0.0593 e. The fourth-order valence-corrected chi connectivity index (χ4v) is 2.33. The van der Waals surface area contributed by atoms with E-state index in [9.17, 15) is 0 Å². The van der Waals surface area contributed by atoms with Gasteiger partial charge in [-0.1, -0.05) is 13.8 Å². The lowest BCUT2D eigenvalue weighted by molar-refractivity contribution is 0.0917. The highest BCUT2D eigenvalue weighted by atomic mass is 16.5. The first-order chi connectivity index (χ1) is 8.55. The van der Waals surface area contributed by atoms with Crippen LogP contribution in [0.4, 0.5) is 0 Å². The van der Waals surface area contributed by atoms with E-state index in [2.05, 4.69) is 31.1 Å². The van der Waals surface area contributed by atoms with Crippen molar-refractivity contribution in [1.29, 1.82) is 0 Å². The molecule has 0 heterocycles. The van der Waals surface area contributed by atoms with Gasteiger partial charge in [-0.3, -0.25) is 0 Å². The van der Waals surface area contributed by atoms with Gasteiger partial charge in [-0.25, -0.2) is 0 Å². The van der Waals surface area contributed by atoms with E-state index in [1.807, 2.05) is 0 Å². The van der Waals surface area contributed by atoms with Gasteiger partial charge in [0.1, 0.15) is 0 Å². The molecule has 0 aromatic rings. The maximum atomic E-state index is 5.69. The van der Waals surface area contributed by atoms with Crippen LogP contribution in [0.15, 0.2) is 0 Å². The molecule has 2 saturated carbocycles. The zero-order valence-electron chi connectivity index (χ0n) is 12.4. The molecule has 0 aliphatic heterocycles. The van der Waals surface area contributed by atoms with Crippen molar-refractivity contribution < 1.29 is 4.74 Å². The minimum Gasteiger partial charge on any atom is -0.380 e. The molecule has 18 heavy (non-hydrogen) atoms. The molecule has 2 rings (SSSR count). The molecule has 0 aromatic heterocycles. The standard InChI is InChI=1S/C15H30N2O/c1-15(2,11-16-14-6-7-14)12-17(3)8-9-18-10-13-4-5-13/h13-14,16H,4-12H2,1-3H3. The van der Waals surface area contributed by atoms with Gasteiger partial charge in [0.2, 0.25) is 0 Å². The molecule has 2 aliphatic carbocycles. The molecule has 0 radical (unpaired) electrons. The minimum absolute atomic E-state index is 0.355. The third kappa shape index (κ3) is 6.17. The summed E-state index contributed by atoms with van der Waals surface area (Å²) in [4.78, 5) is 2.40. The Hall–Kier alpha value is -0.120. The summed E-state index contributed by atoms with van der Waals surface area (Å²) in [6.45, 7) is 9.90. The fraction of sp³-hybridized carbons (Fsp3) is 1.00. The summed E-state index contributed by atoms with van der Waals surface area (Å²) in [5, 5.41) is 3.63. The third-order valence-corrected chi connectivity index (χ3v) is 3.81. The molecule has 106 valence electrons. The number of nitrogens with one attached hydrogen (secondary N) is 1. The number of nitrogens with zero attached hydrogens (tertiary/aromatic N) is 1. The van der Waals surface area contributed by atoms with Crippen molar-refractivity contribution in [2.75, 3.05) is 39.9 Å². The summed E-state index contributed by atoms with van der Waals surface area (Å²) in [7, 11) is 2.21. The Morgan fingerprint density at radius 3 is 2.56 bits per heavy atom. The summed E-state index contributed by atoms with van der Waals surface area (Å²) in [5.74, 6) is 0.884. The predicted molar refractivity (Wildman–Crippen MR) is 75.8 cm³/mol. The monoisotopic (exact) mass is 254 g/mol. The van der Waals surface area contributed by atoms with Gasteiger partial charge in [-0.15, -0.1) is 0 Å². The number of rotatable bonds is 10. The van der Waals surface area contributed by atoms with Crippen molar-refractivity contribution in [3.05, 3.63) is 0 Å². The number of likely N-dealkylation sites (N-methyl/N-ethyl adjacent to an activating group) is 1. The van der Waals surface area contributed by atoms with Gasteiger partial charge in [0.25, 0.3) is 0 Å². The van der Waals surface area contributed by atoms with Crippen LogP contribution >= 0.6 is 0 Å². The molecule has 0 atom stereocenters. The number of hydrogen-bond acceptors (Lipinski definition) is 3. The van der Waals surface area contributed by atoms with Gasteiger partial charge in [0.15, 0.2) is 0 Å². The lowest BCUT2D eigenvalue weighted by Crippen LogP contribution is -2.40. The molecule has 3 heteroatoms. The topological polar surface area (TPSA) is 24.5 Å². The summed E-state index contributed by atoms with van der Waals surface area (Å²) in [6, 6.07) is 0.816. The van der Waals surface area contributed by atoms with Gasteiger partial charge < -0.3 is 15.0 Å². The molecule has 1 N–H and O–H groups in total. The average Bonchev–Trinajstić information content (AvgIpc) is 3.14. The minimum atomic E-state index is 0.355. The quantitative estimate of drug-likeness (QED) is 0.604. The summed E-state index contributed by atoms with van der Waals surface area (Å²) in [5.41, 5.74) is 0.355. The van der Waals surface area contributed by atoms with Crippen LogP contribution < -0.4 is 5.32 Å². The zero-order chi connectivity index (χ0) is 13.0. The largest absolute Gasteiger partial charge is 0.380 e. The van der Waals surface area contributed by atoms with E-state index in [1.54, 1.807) is 0 Å². The van der Waals surface area contributed by atoms with Crippen LogP contribution in [0.2, 0.25) is 0 Å². The van der Waals surface area contributed by atoms with Crippen molar-refractivity contribution in [1.82, 2.24) is 10.2 Å². The van der Waals surface area contributed by atoms with Gasteiger partial charge in [-0.2, -0.15) is 0 Å². The second-order valence-corrected chi connectivity index (χ2v) is 7.08. The van der Waals surface area contributed by atoms with Crippen molar-refractivity contribution in [2.45, 2.75) is 45.6 Å². The molecule has 0 bridgehead atoms. The third-order valence-electron chi connectivity index (χ3n) is 3.81. The van der Waals surface area contributed by atoms with Gasteiger partial charge in [0.05, 0.1) is 6.61 Å². The molecule has 3 nitrogen and oxygen atoms in total. The normalized spacial score (nSPS) is 20.7. The second-order valence-electron chi connectivity index (χ2n) is 7.08. The second kappa shape index (κ2) is 6.36. The highest BCUT2D eigenvalue weighted by molar-refractivity contribution is 4.85. The first-order valence-electron chi connectivity index (χ1n) is 7.55. The molecule has 0 aromatic carbocycles. The number of hydrogen-bond donors (Lipinski definition) is 1. The fourth-order valence-electron chi connectivity index (χ4n) is 2.33. The highest BCUT2D eigenvalue weighted by Gasteiger charge is 2.26. The van der Waals surface area contributed by atoms with E-state index in [-0.39, 0.29) is 0 Å². The van der Waals surface area contributed by atoms with Gasteiger partial charge >= 0.3 is 0 Å². The van der Waals surface area contributed by atoms with Crippen molar-refractivity contribution in [3.8, 4) is 0 Å². The molecule has 0 amide bonds. The molecule has 0 spiro atoms. The van der Waals surface area contributed by atoms with Crippen LogP contribution in [0.1, 0.15) is 39.5 Å². The van der Waals surface area contributed by atoms with E-state index in [1.165, 1.54) is 25.7 Å². The van der Waals surface area contributed by atoms with Crippen LogP contribution in [-0.2, 0) is 4.74 Å². The maximum absolute atomic E-state index is 5.69. The molecule has 2 aliphatic rings. The Labute approximate surface area is 112 Å². The number of ether oxygens (including phenoxy) is 1.